The lowest BCUT2D eigenvalue weighted by molar-refractivity contribution is 0.604. The van der Waals surface area contributed by atoms with E-state index in [1.807, 2.05) is 35.5 Å². The first kappa shape index (κ1) is 11.7. The van der Waals surface area contributed by atoms with E-state index in [0.717, 1.165) is 28.7 Å². The van der Waals surface area contributed by atoms with E-state index < -0.39 is 0 Å². The fourth-order valence-corrected chi connectivity index (χ4v) is 2.38. The van der Waals surface area contributed by atoms with E-state index in [4.69, 9.17) is 5.73 Å². The molecule has 0 saturated carbocycles. The van der Waals surface area contributed by atoms with Crippen molar-refractivity contribution in [1.82, 2.24) is 24.8 Å². The lowest BCUT2D eigenvalue weighted by atomic mass is 10.2. The van der Waals surface area contributed by atoms with Gasteiger partial charge in [0.05, 0.1) is 23.4 Å². The van der Waals surface area contributed by atoms with Crippen molar-refractivity contribution in [3.8, 4) is 0 Å². The highest BCUT2D eigenvalue weighted by molar-refractivity contribution is 5.81. The van der Waals surface area contributed by atoms with Crippen LogP contribution in [0, 0.1) is 0 Å². The van der Waals surface area contributed by atoms with E-state index >= 15 is 0 Å². The molecule has 6 heteroatoms. The first-order chi connectivity index (χ1) is 9.20. The number of anilines is 1. The third-order valence-corrected chi connectivity index (χ3v) is 3.34. The van der Waals surface area contributed by atoms with Crippen molar-refractivity contribution < 1.29 is 0 Å². The van der Waals surface area contributed by atoms with Gasteiger partial charge in [-0.25, -0.2) is 4.68 Å². The van der Waals surface area contributed by atoms with Crippen LogP contribution in [0.3, 0.4) is 0 Å². The second-order valence-corrected chi connectivity index (χ2v) is 4.52. The summed E-state index contributed by atoms with van der Waals surface area (Å²) in [5.41, 5.74) is 8.86. The van der Waals surface area contributed by atoms with Gasteiger partial charge in [0.15, 0.2) is 5.82 Å². The van der Waals surface area contributed by atoms with Crippen molar-refractivity contribution in [1.29, 1.82) is 0 Å². The minimum Gasteiger partial charge on any atom is -0.381 e. The Morgan fingerprint density at radius 1 is 1.26 bits per heavy atom. The van der Waals surface area contributed by atoms with Crippen LogP contribution in [0.1, 0.15) is 18.3 Å². The fourth-order valence-electron chi connectivity index (χ4n) is 2.38. The number of rotatable bonds is 3. The van der Waals surface area contributed by atoms with Gasteiger partial charge in [-0.1, -0.05) is 30.3 Å². The summed E-state index contributed by atoms with van der Waals surface area (Å²) in [7, 11) is 1.95. The second kappa shape index (κ2) is 4.38. The first-order valence-corrected chi connectivity index (χ1v) is 6.29. The summed E-state index contributed by atoms with van der Waals surface area (Å²) in [4.78, 5) is 0. The van der Waals surface area contributed by atoms with Crippen LogP contribution in [0.15, 0.2) is 24.3 Å². The highest BCUT2D eigenvalue weighted by Crippen LogP contribution is 2.19. The molecular weight excluding hydrogens is 240 g/mol. The molecule has 98 valence electrons. The molecule has 0 aliphatic carbocycles. The Labute approximate surface area is 110 Å². The predicted octanol–water partition coefficient (Wildman–Crippen LogP) is 1.36. The molecule has 0 aliphatic heterocycles. The molecule has 6 nitrogen and oxygen atoms in total. The molecule has 0 saturated heterocycles. The van der Waals surface area contributed by atoms with E-state index in [0.29, 0.717) is 12.4 Å². The largest absolute Gasteiger partial charge is 0.381 e. The van der Waals surface area contributed by atoms with Crippen LogP contribution in [0.2, 0.25) is 0 Å². The average molecular weight is 256 g/mol. The van der Waals surface area contributed by atoms with E-state index in [2.05, 4.69) is 27.5 Å². The molecule has 0 aliphatic rings. The zero-order valence-electron chi connectivity index (χ0n) is 11.0. The molecule has 3 aromatic rings. The van der Waals surface area contributed by atoms with Gasteiger partial charge in [-0.2, -0.15) is 5.10 Å². The second-order valence-electron chi connectivity index (χ2n) is 4.52. The highest BCUT2D eigenvalue weighted by Gasteiger charge is 2.13. The van der Waals surface area contributed by atoms with Crippen LogP contribution >= 0.6 is 0 Å². The number of hydrogen-bond acceptors (Lipinski definition) is 4. The van der Waals surface area contributed by atoms with Crippen LogP contribution in [0.5, 0.6) is 0 Å². The molecule has 0 spiro atoms. The third kappa shape index (κ3) is 1.85. The van der Waals surface area contributed by atoms with Crippen molar-refractivity contribution in [2.24, 2.45) is 7.05 Å². The van der Waals surface area contributed by atoms with Gasteiger partial charge >= 0.3 is 0 Å². The number of fused-ring (bicyclic) bond motifs is 1. The number of nitrogens with zero attached hydrogens (tertiary/aromatic N) is 5. The average Bonchev–Trinajstić information content (AvgIpc) is 2.92. The quantitative estimate of drug-likeness (QED) is 0.767. The van der Waals surface area contributed by atoms with E-state index in [9.17, 15) is 0 Å². The summed E-state index contributed by atoms with van der Waals surface area (Å²) in [6.45, 7) is 2.64. The molecule has 1 aromatic carbocycles. The number of hydrogen-bond donors (Lipinski definition) is 1. The Morgan fingerprint density at radius 2 is 2.05 bits per heavy atom. The third-order valence-electron chi connectivity index (χ3n) is 3.34. The van der Waals surface area contributed by atoms with Crippen LogP contribution < -0.4 is 5.73 Å². The topological polar surface area (TPSA) is 74.6 Å². The maximum absolute atomic E-state index is 5.80. The van der Waals surface area contributed by atoms with Gasteiger partial charge in [0.2, 0.25) is 0 Å². The zero-order chi connectivity index (χ0) is 13.4. The van der Waals surface area contributed by atoms with Crippen LogP contribution in [-0.2, 0) is 20.0 Å². The van der Waals surface area contributed by atoms with E-state index in [-0.39, 0.29) is 0 Å². The van der Waals surface area contributed by atoms with Crippen molar-refractivity contribution in [2.75, 3.05) is 5.73 Å². The number of nitrogen functional groups attached to an aromatic ring is 1. The number of aromatic nitrogens is 5. The van der Waals surface area contributed by atoms with Gasteiger partial charge in [-0.05, 0) is 12.5 Å². The monoisotopic (exact) mass is 256 g/mol. The van der Waals surface area contributed by atoms with E-state index in [1.165, 1.54) is 0 Å². The molecule has 0 radical (unpaired) electrons. The van der Waals surface area contributed by atoms with Crippen molar-refractivity contribution in [3.05, 3.63) is 35.7 Å². The standard InChI is InChI=1S/C13H16N6/c1-3-11-13(14)15-17-19(11)8-10-9-6-4-5-7-12(9)18(2)16-10/h4-7H,3,8,14H2,1-2H3. The summed E-state index contributed by atoms with van der Waals surface area (Å²) in [5, 5.41) is 13.7. The Balaban J connectivity index is 2.06. The summed E-state index contributed by atoms with van der Waals surface area (Å²) in [6.07, 6.45) is 0.809. The Morgan fingerprint density at radius 3 is 2.84 bits per heavy atom. The minimum absolute atomic E-state index is 0.503. The molecule has 19 heavy (non-hydrogen) atoms. The van der Waals surface area contributed by atoms with Gasteiger partial charge in [-0.3, -0.25) is 4.68 Å². The molecule has 3 rings (SSSR count). The highest BCUT2D eigenvalue weighted by atomic mass is 15.4. The van der Waals surface area contributed by atoms with Gasteiger partial charge in [0.25, 0.3) is 0 Å². The lowest BCUT2D eigenvalue weighted by Crippen LogP contribution is -2.07. The van der Waals surface area contributed by atoms with Crippen molar-refractivity contribution in [3.63, 3.8) is 0 Å². The first-order valence-electron chi connectivity index (χ1n) is 6.29. The molecule has 0 unspecified atom stereocenters. The molecular formula is C13H16N6. The minimum atomic E-state index is 0.503. The van der Waals surface area contributed by atoms with Crippen molar-refractivity contribution >= 4 is 16.7 Å². The maximum atomic E-state index is 5.80. The Hall–Kier alpha value is -2.37. The SMILES string of the molecule is CCc1c(N)nnn1Cc1nn(C)c2ccccc12. The number of nitrogens with two attached hydrogens (primary N) is 1. The van der Waals surface area contributed by atoms with Crippen LogP contribution in [-0.4, -0.2) is 24.8 Å². The summed E-state index contributed by atoms with van der Waals surface area (Å²) < 4.78 is 3.71. The Kier molecular flexibility index (Phi) is 2.70. The summed E-state index contributed by atoms with van der Waals surface area (Å²) >= 11 is 0. The maximum Gasteiger partial charge on any atom is 0.169 e. The molecule has 2 aromatic heterocycles. The number of para-hydroxylation sites is 1. The van der Waals surface area contributed by atoms with Crippen molar-refractivity contribution in [2.45, 2.75) is 19.9 Å². The molecule has 0 atom stereocenters. The number of benzene rings is 1. The molecule has 0 fully saturated rings. The predicted molar refractivity (Wildman–Crippen MR) is 73.6 cm³/mol. The zero-order valence-corrected chi connectivity index (χ0v) is 11.0. The van der Waals surface area contributed by atoms with E-state index in [1.54, 1.807) is 0 Å². The lowest BCUT2D eigenvalue weighted by Gasteiger charge is -2.02. The molecule has 0 amide bonds. The van der Waals surface area contributed by atoms with Crippen LogP contribution in [0.25, 0.3) is 10.9 Å². The fraction of sp³-hybridized carbons (Fsp3) is 0.308. The Bertz CT molecular complexity index is 724. The molecule has 2 N–H and O–H groups in total. The smallest absolute Gasteiger partial charge is 0.169 e. The van der Waals surface area contributed by atoms with Gasteiger partial charge in [0, 0.05) is 12.4 Å². The summed E-state index contributed by atoms with van der Waals surface area (Å²) in [5.74, 6) is 0.503. The van der Waals surface area contributed by atoms with Gasteiger partial charge in [0.1, 0.15) is 0 Å². The van der Waals surface area contributed by atoms with Gasteiger partial charge in [-0.15, -0.1) is 5.10 Å². The normalized spacial score (nSPS) is 11.3. The van der Waals surface area contributed by atoms with Gasteiger partial charge < -0.3 is 5.73 Å². The molecule has 2 heterocycles. The molecule has 0 bridgehead atoms. The number of aryl methyl sites for hydroxylation is 1. The summed E-state index contributed by atoms with van der Waals surface area (Å²) in [6, 6.07) is 8.16. The van der Waals surface area contributed by atoms with Crippen LogP contribution in [0.4, 0.5) is 5.82 Å².